The summed E-state index contributed by atoms with van der Waals surface area (Å²) in [5, 5.41) is 0. The summed E-state index contributed by atoms with van der Waals surface area (Å²) < 4.78 is 4.51. The first-order valence-electron chi connectivity index (χ1n) is 16.3. The largest absolute Gasteiger partial charge is 0.317 e. The maximum absolute atomic E-state index is 4.96. The summed E-state index contributed by atoms with van der Waals surface area (Å²) in [5.41, 5.74) is 9.50. The summed E-state index contributed by atoms with van der Waals surface area (Å²) in [6, 6.07) is 59.9. The van der Waals surface area contributed by atoms with Gasteiger partial charge in [-0.25, -0.2) is 9.97 Å². The van der Waals surface area contributed by atoms with Crippen LogP contribution in [-0.4, -0.2) is 19.1 Å². The topological polar surface area (TPSA) is 35.6 Å². The van der Waals surface area contributed by atoms with Crippen molar-refractivity contribution in [3.05, 3.63) is 217 Å². The van der Waals surface area contributed by atoms with Crippen LogP contribution in [0.25, 0.3) is 33.9 Å². The summed E-state index contributed by atoms with van der Waals surface area (Å²) in [6.45, 7) is 0. The van der Waals surface area contributed by atoms with Gasteiger partial charge in [-0.2, -0.15) is 0 Å². The molecule has 2 unspecified atom stereocenters. The van der Waals surface area contributed by atoms with E-state index in [1.54, 1.807) is 0 Å². The van der Waals surface area contributed by atoms with Crippen LogP contribution in [0.3, 0.4) is 0 Å². The van der Waals surface area contributed by atoms with E-state index in [0.29, 0.717) is 0 Å². The van der Waals surface area contributed by atoms with Crippen molar-refractivity contribution < 1.29 is 0 Å². The molecule has 0 saturated heterocycles. The van der Waals surface area contributed by atoms with Crippen LogP contribution >= 0.6 is 0 Å². The lowest BCUT2D eigenvalue weighted by atomic mass is 9.95. The highest BCUT2D eigenvalue weighted by molar-refractivity contribution is 5.65. The second-order valence-electron chi connectivity index (χ2n) is 11.9. The molecule has 0 aliphatic carbocycles. The monoisotopic (exact) mass is 618 g/mol. The fraction of sp³-hybridized carbons (Fsp3) is 0.0455. The Balaban J connectivity index is 1.22. The minimum atomic E-state index is -0.0981. The average Bonchev–Trinajstić information content (AvgIpc) is 3.84. The molecule has 0 bridgehead atoms. The highest BCUT2D eigenvalue weighted by atomic mass is 15.2. The van der Waals surface area contributed by atoms with Crippen molar-refractivity contribution in [3.8, 4) is 33.9 Å². The van der Waals surface area contributed by atoms with Gasteiger partial charge in [0.15, 0.2) is 11.6 Å². The van der Waals surface area contributed by atoms with E-state index in [9.17, 15) is 0 Å². The Bertz CT molecular complexity index is 2040. The van der Waals surface area contributed by atoms with Crippen molar-refractivity contribution in [1.82, 2.24) is 19.1 Å². The number of imidazole rings is 2. The molecule has 48 heavy (non-hydrogen) atoms. The number of hydrogen-bond donors (Lipinski definition) is 0. The second-order valence-corrected chi connectivity index (χ2v) is 11.9. The van der Waals surface area contributed by atoms with Crippen molar-refractivity contribution in [3.63, 3.8) is 0 Å². The van der Waals surface area contributed by atoms with Crippen molar-refractivity contribution in [1.29, 1.82) is 0 Å². The van der Waals surface area contributed by atoms with Crippen molar-refractivity contribution >= 4 is 0 Å². The minimum Gasteiger partial charge on any atom is -0.317 e. The van der Waals surface area contributed by atoms with Crippen LogP contribution < -0.4 is 0 Å². The standard InChI is InChI=1S/C44H34N4/c1-5-13-33(14-6-1)35-21-25-39(26-22-35)41(37-17-9-3-10-18-37)47-31-29-45-43(47)44-46-30-32-48(44)42(38-19-11-4-12-20-38)40-27-23-36(24-28-40)34-15-7-2-8-16-34/h1-32,41-42H. The molecule has 8 aromatic rings. The zero-order valence-electron chi connectivity index (χ0n) is 26.4. The molecule has 4 heteroatoms. The molecular formula is C44H34N4. The second kappa shape index (κ2) is 13.2. The van der Waals surface area contributed by atoms with Crippen LogP contribution in [0, 0.1) is 0 Å². The molecule has 2 atom stereocenters. The van der Waals surface area contributed by atoms with E-state index in [2.05, 4.69) is 191 Å². The lowest BCUT2D eigenvalue weighted by Crippen LogP contribution is -2.17. The Labute approximate surface area is 281 Å². The third-order valence-corrected chi connectivity index (χ3v) is 8.99. The van der Waals surface area contributed by atoms with Gasteiger partial charge >= 0.3 is 0 Å². The zero-order chi connectivity index (χ0) is 32.1. The molecule has 4 nitrogen and oxygen atoms in total. The van der Waals surface area contributed by atoms with Gasteiger partial charge in [0.25, 0.3) is 0 Å². The van der Waals surface area contributed by atoms with Gasteiger partial charge in [-0.05, 0) is 44.5 Å². The predicted octanol–water partition coefficient (Wildman–Crippen LogP) is 10.4. The maximum atomic E-state index is 4.96. The van der Waals surface area contributed by atoms with Gasteiger partial charge in [0, 0.05) is 24.8 Å². The van der Waals surface area contributed by atoms with Crippen LogP contribution in [0.2, 0.25) is 0 Å². The Morgan fingerprint density at radius 3 is 0.958 bits per heavy atom. The molecule has 0 spiro atoms. The van der Waals surface area contributed by atoms with E-state index < -0.39 is 0 Å². The number of aromatic nitrogens is 4. The van der Waals surface area contributed by atoms with Gasteiger partial charge in [0.2, 0.25) is 0 Å². The molecule has 0 fully saturated rings. The molecule has 230 valence electrons. The van der Waals surface area contributed by atoms with E-state index in [1.165, 1.54) is 44.5 Å². The molecule has 0 aliphatic rings. The normalized spacial score (nSPS) is 12.4. The average molecular weight is 619 g/mol. The molecule has 2 aromatic heterocycles. The van der Waals surface area contributed by atoms with E-state index >= 15 is 0 Å². The molecule has 0 aliphatic heterocycles. The summed E-state index contributed by atoms with van der Waals surface area (Å²) in [4.78, 5) is 9.92. The first kappa shape index (κ1) is 29.2. The summed E-state index contributed by atoms with van der Waals surface area (Å²) >= 11 is 0. The van der Waals surface area contributed by atoms with E-state index in [-0.39, 0.29) is 12.1 Å². The quantitative estimate of drug-likeness (QED) is 0.161. The lowest BCUT2D eigenvalue weighted by molar-refractivity contribution is 0.650. The smallest absolute Gasteiger partial charge is 0.177 e. The van der Waals surface area contributed by atoms with E-state index in [1.807, 2.05) is 12.4 Å². The Hall–Kier alpha value is -6.26. The van der Waals surface area contributed by atoms with Gasteiger partial charge in [-0.1, -0.05) is 170 Å². The van der Waals surface area contributed by atoms with Gasteiger partial charge in [-0.3, -0.25) is 0 Å². The molecule has 0 N–H and O–H groups in total. The van der Waals surface area contributed by atoms with Gasteiger partial charge < -0.3 is 9.13 Å². The van der Waals surface area contributed by atoms with Crippen LogP contribution in [0.1, 0.15) is 34.3 Å². The lowest BCUT2D eigenvalue weighted by Gasteiger charge is -2.25. The predicted molar refractivity (Wildman–Crippen MR) is 195 cm³/mol. The fourth-order valence-electron chi connectivity index (χ4n) is 6.66. The fourth-order valence-corrected chi connectivity index (χ4v) is 6.66. The molecule has 0 saturated carbocycles. The Morgan fingerprint density at radius 1 is 0.312 bits per heavy atom. The summed E-state index contributed by atoms with van der Waals surface area (Å²) in [5.74, 6) is 1.62. The van der Waals surface area contributed by atoms with Crippen LogP contribution in [-0.2, 0) is 0 Å². The number of hydrogen-bond acceptors (Lipinski definition) is 2. The van der Waals surface area contributed by atoms with Gasteiger partial charge in [0.1, 0.15) is 0 Å². The third kappa shape index (κ3) is 5.76. The van der Waals surface area contributed by atoms with Crippen molar-refractivity contribution in [2.24, 2.45) is 0 Å². The molecular weight excluding hydrogens is 585 g/mol. The molecule has 2 heterocycles. The van der Waals surface area contributed by atoms with Gasteiger partial charge in [0.05, 0.1) is 12.1 Å². The Morgan fingerprint density at radius 2 is 0.604 bits per heavy atom. The minimum absolute atomic E-state index is 0.0981. The molecule has 0 amide bonds. The van der Waals surface area contributed by atoms with Crippen LogP contribution in [0.5, 0.6) is 0 Å². The zero-order valence-corrected chi connectivity index (χ0v) is 26.4. The number of rotatable bonds is 9. The third-order valence-electron chi connectivity index (χ3n) is 8.99. The highest BCUT2D eigenvalue weighted by Crippen LogP contribution is 2.36. The van der Waals surface area contributed by atoms with Crippen molar-refractivity contribution in [2.75, 3.05) is 0 Å². The number of nitrogens with zero attached hydrogens (tertiary/aromatic N) is 4. The van der Waals surface area contributed by atoms with E-state index in [4.69, 9.17) is 9.97 Å². The first-order chi connectivity index (χ1) is 23.8. The SMILES string of the molecule is c1ccc(-c2ccc(C(c3ccccc3)n3ccnc3-c3nccn3C(c3ccccc3)c3ccc(-c4ccccc4)cc3)cc2)cc1. The summed E-state index contributed by atoms with van der Waals surface area (Å²) in [7, 11) is 0. The highest BCUT2D eigenvalue weighted by Gasteiger charge is 2.26. The molecule has 6 aromatic carbocycles. The van der Waals surface area contributed by atoms with Crippen molar-refractivity contribution in [2.45, 2.75) is 12.1 Å². The number of benzene rings is 6. The van der Waals surface area contributed by atoms with Crippen LogP contribution in [0.4, 0.5) is 0 Å². The Kier molecular flexibility index (Phi) is 8.04. The molecule has 0 radical (unpaired) electrons. The first-order valence-corrected chi connectivity index (χ1v) is 16.3. The molecule has 8 rings (SSSR count). The van der Waals surface area contributed by atoms with Crippen LogP contribution in [0.15, 0.2) is 195 Å². The maximum Gasteiger partial charge on any atom is 0.177 e. The van der Waals surface area contributed by atoms with E-state index in [0.717, 1.165) is 11.6 Å². The van der Waals surface area contributed by atoms with Gasteiger partial charge in [-0.15, -0.1) is 0 Å². The summed E-state index contributed by atoms with van der Waals surface area (Å²) in [6.07, 6.45) is 7.91.